The molecule has 0 radical (unpaired) electrons. The summed E-state index contributed by atoms with van der Waals surface area (Å²) in [5.41, 5.74) is 2.15. The molecule has 0 N–H and O–H groups in total. The zero-order valence-corrected chi connectivity index (χ0v) is 14.8. The van der Waals surface area contributed by atoms with Gasteiger partial charge in [-0.15, -0.1) is 0 Å². The molecule has 2 aromatic carbocycles. The smallest absolute Gasteiger partial charge is 0.494 e. The van der Waals surface area contributed by atoms with Crippen molar-refractivity contribution in [2.45, 2.75) is 31.2 Å². The van der Waals surface area contributed by atoms with Gasteiger partial charge in [-0.25, -0.2) is 0 Å². The molecule has 0 spiro atoms. The topological polar surface area (TPSA) is 36.9 Å². The van der Waals surface area contributed by atoms with Gasteiger partial charge in [0.2, 0.25) is 0 Å². The van der Waals surface area contributed by atoms with Crippen molar-refractivity contribution < 1.29 is 18.8 Å². The Labute approximate surface area is 153 Å². The lowest BCUT2D eigenvalue weighted by atomic mass is 9.76. The van der Waals surface area contributed by atoms with Gasteiger partial charge in [0.25, 0.3) is 0 Å². The van der Waals surface area contributed by atoms with Crippen LogP contribution in [0.4, 0.5) is 0 Å². The van der Waals surface area contributed by atoms with Crippen molar-refractivity contribution in [1.29, 1.82) is 0 Å². The molecule has 0 saturated carbocycles. The number of rotatable bonds is 3. The van der Waals surface area contributed by atoms with Gasteiger partial charge in [0, 0.05) is 5.02 Å². The van der Waals surface area contributed by atoms with Crippen molar-refractivity contribution in [2.75, 3.05) is 13.7 Å². The second kappa shape index (κ2) is 7.38. The normalized spacial score (nSPS) is 26.2. The zero-order valence-electron chi connectivity index (χ0n) is 14.1. The van der Waals surface area contributed by atoms with Crippen molar-refractivity contribution in [1.82, 2.24) is 0 Å². The third kappa shape index (κ3) is 3.70. The average molecular weight is 359 g/mol. The Kier molecular flexibility index (Phi) is 4.99. The maximum atomic E-state index is 6.22. The zero-order chi connectivity index (χ0) is 17.2. The number of benzene rings is 2. The first-order chi connectivity index (χ1) is 12.2. The molecule has 2 heterocycles. The van der Waals surface area contributed by atoms with Gasteiger partial charge in [0.1, 0.15) is 11.9 Å². The predicted octanol–water partition coefficient (Wildman–Crippen LogP) is 3.38. The summed E-state index contributed by atoms with van der Waals surface area (Å²) in [5.74, 6) is 0.823. The molecular weight excluding hydrogens is 338 g/mol. The van der Waals surface area contributed by atoms with E-state index in [9.17, 15) is 0 Å². The highest BCUT2D eigenvalue weighted by atomic mass is 35.5. The van der Waals surface area contributed by atoms with E-state index >= 15 is 0 Å². The number of ether oxygens (including phenoxy) is 2. The fraction of sp³-hybridized carbons (Fsp3) is 0.368. The molecular formula is C19H20BClO4. The van der Waals surface area contributed by atoms with Crippen molar-refractivity contribution in [3.8, 4) is 5.75 Å². The van der Waals surface area contributed by atoms with Crippen LogP contribution in [-0.4, -0.2) is 33.0 Å². The Balaban J connectivity index is 1.40. The summed E-state index contributed by atoms with van der Waals surface area (Å²) < 4.78 is 23.5. The molecule has 2 aliphatic heterocycles. The Hall–Kier alpha value is -1.53. The number of fused-ring (bicyclic) bond motifs is 1. The summed E-state index contributed by atoms with van der Waals surface area (Å²) in [6.45, 7) is 0.533. The second-order valence-electron chi connectivity index (χ2n) is 6.41. The number of hydrogen-bond donors (Lipinski definition) is 0. The first-order valence-electron chi connectivity index (χ1n) is 8.55. The van der Waals surface area contributed by atoms with Crippen LogP contribution in [0.15, 0.2) is 48.5 Å². The van der Waals surface area contributed by atoms with Gasteiger partial charge in [-0.05, 0) is 48.1 Å². The molecule has 3 atom stereocenters. The van der Waals surface area contributed by atoms with Crippen LogP contribution in [0.1, 0.15) is 24.5 Å². The molecule has 0 aromatic heterocycles. The molecule has 2 aliphatic rings. The van der Waals surface area contributed by atoms with E-state index in [1.807, 2.05) is 48.5 Å². The largest absolute Gasteiger partial charge is 0.497 e. The van der Waals surface area contributed by atoms with Crippen LogP contribution in [0.5, 0.6) is 5.75 Å². The molecule has 0 amide bonds. The summed E-state index contributed by atoms with van der Waals surface area (Å²) in [4.78, 5) is 0. The highest BCUT2D eigenvalue weighted by Gasteiger charge is 2.41. The molecule has 2 fully saturated rings. The molecule has 6 heteroatoms. The van der Waals surface area contributed by atoms with Crippen LogP contribution >= 0.6 is 11.6 Å². The Morgan fingerprint density at radius 2 is 1.76 bits per heavy atom. The molecule has 0 bridgehead atoms. The van der Waals surface area contributed by atoms with Gasteiger partial charge in [-0.2, -0.15) is 0 Å². The van der Waals surface area contributed by atoms with Crippen molar-refractivity contribution >= 4 is 24.2 Å². The van der Waals surface area contributed by atoms with Gasteiger partial charge < -0.3 is 18.8 Å². The Morgan fingerprint density at radius 3 is 2.48 bits per heavy atom. The first kappa shape index (κ1) is 16.9. The lowest BCUT2D eigenvalue weighted by Gasteiger charge is -2.41. The average Bonchev–Trinajstić information content (AvgIpc) is 2.68. The maximum absolute atomic E-state index is 6.22. The van der Waals surface area contributed by atoms with E-state index in [4.69, 9.17) is 30.4 Å². The van der Waals surface area contributed by atoms with E-state index in [1.54, 1.807) is 7.11 Å². The Morgan fingerprint density at radius 1 is 1.00 bits per heavy atom. The van der Waals surface area contributed by atoms with Gasteiger partial charge in [0.15, 0.2) is 0 Å². The van der Waals surface area contributed by atoms with Gasteiger partial charge in [-0.3, -0.25) is 0 Å². The Bertz CT molecular complexity index is 706. The fourth-order valence-corrected chi connectivity index (χ4v) is 3.54. The van der Waals surface area contributed by atoms with Gasteiger partial charge in [0.05, 0.1) is 25.9 Å². The molecule has 2 aromatic rings. The van der Waals surface area contributed by atoms with E-state index in [2.05, 4.69) is 0 Å². The van der Waals surface area contributed by atoms with Crippen LogP contribution in [-0.2, 0) is 14.0 Å². The van der Waals surface area contributed by atoms with E-state index in [0.717, 1.165) is 34.6 Å². The molecule has 0 aliphatic carbocycles. The van der Waals surface area contributed by atoms with Crippen LogP contribution in [0, 0.1) is 0 Å². The summed E-state index contributed by atoms with van der Waals surface area (Å²) in [7, 11) is 1.31. The summed E-state index contributed by atoms with van der Waals surface area (Å²) in [5, 5.41) is 0.740. The van der Waals surface area contributed by atoms with Crippen LogP contribution in [0.25, 0.3) is 0 Å². The second-order valence-corrected chi connectivity index (χ2v) is 6.84. The monoisotopic (exact) mass is 358 g/mol. The predicted molar refractivity (Wildman–Crippen MR) is 97.5 cm³/mol. The lowest BCUT2D eigenvalue weighted by molar-refractivity contribution is -0.150. The molecule has 4 rings (SSSR count). The highest BCUT2D eigenvalue weighted by Crippen LogP contribution is 2.35. The maximum Gasteiger partial charge on any atom is 0.494 e. The summed E-state index contributed by atoms with van der Waals surface area (Å²) in [6.07, 6.45) is 1.98. The third-order valence-corrected chi connectivity index (χ3v) is 5.06. The van der Waals surface area contributed by atoms with Crippen LogP contribution in [0.2, 0.25) is 5.02 Å². The SMILES string of the molecule is COc1ccc(B2OC[C@H]3O[C@@H](c4ccc(Cl)cc4)CC[C@@H]3O2)cc1. The summed E-state index contributed by atoms with van der Waals surface area (Å²) >= 11 is 5.97. The molecule has 25 heavy (non-hydrogen) atoms. The lowest BCUT2D eigenvalue weighted by Crippen LogP contribution is -2.54. The standard InChI is InChI=1S/C19H20BClO4/c1-22-16-8-4-14(5-9-16)20-23-12-19-18(25-20)11-10-17(24-19)13-2-6-15(21)7-3-13/h2-9,17-19H,10-12H2,1H3/t17-,18+,19-/m1/s1. The van der Waals surface area contributed by atoms with E-state index in [0.29, 0.717) is 6.61 Å². The number of halogens is 1. The minimum Gasteiger partial charge on any atom is -0.497 e. The minimum absolute atomic E-state index is 0.0380. The molecule has 0 unspecified atom stereocenters. The van der Waals surface area contributed by atoms with Crippen molar-refractivity contribution in [3.05, 3.63) is 59.1 Å². The molecule has 130 valence electrons. The van der Waals surface area contributed by atoms with Crippen LogP contribution in [0.3, 0.4) is 0 Å². The summed E-state index contributed by atoms with van der Waals surface area (Å²) in [6, 6.07) is 15.6. The van der Waals surface area contributed by atoms with Gasteiger partial charge >= 0.3 is 7.12 Å². The fourth-order valence-electron chi connectivity index (χ4n) is 3.41. The van der Waals surface area contributed by atoms with Crippen LogP contribution < -0.4 is 10.2 Å². The minimum atomic E-state index is -0.345. The van der Waals surface area contributed by atoms with Crippen molar-refractivity contribution in [2.24, 2.45) is 0 Å². The van der Waals surface area contributed by atoms with E-state index < -0.39 is 0 Å². The van der Waals surface area contributed by atoms with Crippen molar-refractivity contribution in [3.63, 3.8) is 0 Å². The van der Waals surface area contributed by atoms with Gasteiger partial charge in [-0.1, -0.05) is 35.9 Å². The third-order valence-electron chi connectivity index (χ3n) is 4.81. The molecule has 2 saturated heterocycles. The number of hydrogen-bond acceptors (Lipinski definition) is 4. The first-order valence-corrected chi connectivity index (χ1v) is 8.92. The highest BCUT2D eigenvalue weighted by molar-refractivity contribution is 6.61. The van der Waals surface area contributed by atoms with E-state index in [1.165, 1.54) is 0 Å². The molecule has 4 nitrogen and oxygen atoms in total. The number of methoxy groups -OCH3 is 1. The van der Waals surface area contributed by atoms with E-state index in [-0.39, 0.29) is 25.4 Å². The quantitative estimate of drug-likeness (QED) is 0.788.